The van der Waals surface area contributed by atoms with Gasteiger partial charge in [0.1, 0.15) is 0 Å². The molecule has 0 aliphatic carbocycles. The molecule has 2 aromatic rings. The fourth-order valence-electron chi connectivity index (χ4n) is 1.96. The standard InChI is InChI=1S/C14H14N2O4/c1-2-20-14(17)12(15-18)9-10-7-8-16(19)13-6-4-3-5-11(10)13/h3-8,18H,2,9H2,1H3/b15-12+. The summed E-state index contributed by atoms with van der Waals surface area (Å²) in [5, 5.41) is 24.3. The van der Waals surface area contributed by atoms with Crippen LogP contribution in [0, 0.1) is 5.21 Å². The minimum absolute atomic E-state index is 0.0939. The number of fused-ring (bicyclic) bond motifs is 1. The van der Waals surface area contributed by atoms with Crippen molar-refractivity contribution in [3.05, 3.63) is 47.3 Å². The van der Waals surface area contributed by atoms with Gasteiger partial charge in [-0.25, -0.2) is 4.79 Å². The highest BCUT2D eigenvalue weighted by Crippen LogP contribution is 2.16. The SMILES string of the molecule is CCOC(=O)/C(Cc1cc[n+]([O-])c2ccccc12)=N/O. The van der Waals surface area contributed by atoms with Crippen LogP contribution in [0.1, 0.15) is 12.5 Å². The van der Waals surface area contributed by atoms with Gasteiger partial charge in [0.05, 0.1) is 12.0 Å². The summed E-state index contributed by atoms with van der Waals surface area (Å²) in [6.45, 7) is 1.87. The molecular weight excluding hydrogens is 260 g/mol. The van der Waals surface area contributed by atoms with Crippen LogP contribution >= 0.6 is 0 Å². The minimum Gasteiger partial charge on any atom is -0.618 e. The summed E-state index contributed by atoms with van der Waals surface area (Å²) in [4.78, 5) is 11.6. The van der Waals surface area contributed by atoms with E-state index >= 15 is 0 Å². The smallest absolute Gasteiger partial charge is 0.356 e. The highest BCUT2D eigenvalue weighted by atomic mass is 16.5. The first-order valence-corrected chi connectivity index (χ1v) is 6.15. The van der Waals surface area contributed by atoms with E-state index in [4.69, 9.17) is 9.94 Å². The maximum absolute atomic E-state index is 11.7. The topological polar surface area (TPSA) is 85.8 Å². The van der Waals surface area contributed by atoms with Crippen molar-refractivity contribution in [1.82, 2.24) is 0 Å². The maximum Gasteiger partial charge on any atom is 0.356 e. The van der Waals surface area contributed by atoms with E-state index in [0.717, 1.165) is 4.73 Å². The summed E-state index contributed by atoms with van der Waals surface area (Å²) in [7, 11) is 0. The van der Waals surface area contributed by atoms with Gasteiger partial charge < -0.3 is 15.2 Å². The normalized spacial score (nSPS) is 11.6. The molecule has 0 amide bonds. The molecule has 6 heteroatoms. The first-order valence-electron chi connectivity index (χ1n) is 6.15. The van der Waals surface area contributed by atoms with Gasteiger partial charge in [0.25, 0.3) is 0 Å². The Hall–Kier alpha value is -2.63. The molecule has 1 aromatic heterocycles. The Morgan fingerprint density at radius 2 is 2.15 bits per heavy atom. The van der Waals surface area contributed by atoms with Gasteiger partial charge in [-0.1, -0.05) is 17.3 Å². The summed E-state index contributed by atoms with van der Waals surface area (Å²) in [5.41, 5.74) is 1.11. The molecule has 1 heterocycles. The molecule has 0 saturated heterocycles. The molecule has 0 spiro atoms. The summed E-state index contributed by atoms with van der Waals surface area (Å²) in [5.74, 6) is -0.669. The van der Waals surface area contributed by atoms with Crippen molar-refractivity contribution in [3.63, 3.8) is 0 Å². The number of rotatable bonds is 4. The molecule has 0 fully saturated rings. The highest BCUT2D eigenvalue weighted by Gasteiger charge is 2.17. The average molecular weight is 274 g/mol. The fourth-order valence-corrected chi connectivity index (χ4v) is 1.96. The molecule has 1 N–H and O–H groups in total. The van der Waals surface area contributed by atoms with Crippen molar-refractivity contribution in [2.75, 3.05) is 6.61 Å². The van der Waals surface area contributed by atoms with Crippen LogP contribution in [0.3, 0.4) is 0 Å². The third-order valence-electron chi connectivity index (χ3n) is 2.89. The number of pyridine rings is 1. The van der Waals surface area contributed by atoms with Crippen molar-refractivity contribution in [1.29, 1.82) is 0 Å². The lowest BCUT2D eigenvalue weighted by atomic mass is 10.0. The molecule has 20 heavy (non-hydrogen) atoms. The Kier molecular flexibility index (Phi) is 4.14. The van der Waals surface area contributed by atoms with Crippen LogP contribution in [0.4, 0.5) is 0 Å². The van der Waals surface area contributed by atoms with Gasteiger partial charge in [-0.15, -0.1) is 0 Å². The zero-order valence-electron chi connectivity index (χ0n) is 10.9. The van der Waals surface area contributed by atoms with Gasteiger partial charge in [-0.2, -0.15) is 4.73 Å². The van der Waals surface area contributed by atoms with Crippen molar-refractivity contribution in [2.45, 2.75) is 13.3 Å². The first kappa shape index (κ1) is 13.8. The molecule has 1 aromatic carbocycles. The number of ether oxygens (including phenoxy) is 1. The molecule has 104 valence electrons. The van der Waals surface area contributed by atoms with Crippen LogP contribution in [0.15, 0.2) is 41.7 Å². The van der Waals surface area contributed by atoms with Crippen molar-refractivity contribution >= 4 is 22.6 Å². The average Bonchev–Trinajstić information content (AvgIpc) is 2.47. The molecule has 0 aliphatic heterocycles. The Morgan fingerprint density at radius 1 is 1.40 bits per heavy atom. The lowest BCUT2D eigenvalue weighted by Gasteiger charge is -2.08. The van der Waals surface area contributed by atoms with Crippen molar-refractivity contribution in [3.8, 4) is 0 Å². The van der Waals surface area contributed by atoms with Gasteiger partial charge in [0.2, 0.25) is 5.52 Å². The van der Waals surface area contributed by atoms with E-state index in [1.165, 1.54) is 6.20 Å². The Labute approximate surface area is 115 Å². The second kappa shape index (κ2) is 6.01. The first-order chi connectivity index (χ1) is 9.67. The van der Waals surface area contributed by atoms with Crippen LogP contribution in [0.25, 0.3) is 10.9 Å². The van der Waals surface area contributed by atoms with Gasteiger partial charge in [0.15, 0.2) is 11.9 Å². The molecule has 0 radical (unpaired) electrons. The number of carbonyl (C=O) groups excluding carboxylic acids is 1. The predicted octanol–water partition coefficient (Wildman–Crippen LogP) is 1.41. The van der Waals surface area contributed by atoms with Gasteiger partial charge >= 0.3 is 5.97 Å². The number of esters is 1. The minimum atomic E-state index is -0.669. The second-order valence-corrected chi connectivity index (χ2v) is 4.13. The van der Waals surface area contributed by atoms with Crippen molar-refractivity contribution in [2.24, 2.45) is 5.16 Å². The van der Waals surface area contributed by atoms with Gasteiger partial charge in [0, 0.05) is 18.6 Å². The van der Waals surface area contributed by atoms with E-state index in [1.807, 2.05) is 0 Å². The molecule has 6 nitrogen and oxygen atoms in total. The number of oxime groups is 1. The summed E-state index contributed by atoms with van der Waals surface area (Å²) in [6, 6.07) is 8.61. The molecule has 0 saturated carbocycles. The van der Waals surface area contributed by atoms with Crippen LogP contribution in [0.2, 0.25) is 0 Å². The number of aromatic nitrogens is 1. The Morgan fingerprint density at radius 3 is 2.85 bits per heavy atom. The maximum atomic E-state index is 11.7. The molecule has 2 rings (SSSR count). The van der Waals surface area contributed by atoms with Gasteiger partial charge in [-0.3, -0.25) is 0 Å². The predicted molar refractivity (Wildman–Crippen MR) is 72.5 cm³/mol. The summed E-state index contributed by atoms with van der Waals surface area (Å²) >= 11 is 0. The monoisotopic (exact) mass is 274 g/mol. The quantitative estimate of drug-likeness (QED) is 0.228. The summed E-state index contributed by atoms with van der Waals surface area (Å²) in [6.07, 6.45) is 1.45. The number of carbonyl (C=O) groups is 1. The number of hydrogen-bond donors (Lipinski definition) is 1. The van der Waals surface area contributed by atoms with Crippen LogP contribution < -0.4 is 4.73 Å². The lowest BCUT2D eigenvalue weighted by molar-refractivity contribution is -0.577. The number of hydrogen-bond acceptors (Lipinski definition) is 5. The van der Waals surface area contributed by atoms with Crippen LogP contribution in [-0.4, -0.2) is 23.5 Å². The summed E-state index contributed by atoms with van der Waals surface area (Å²) < 4.78 is 5.56. The third kappa shape index (κ3) is 2.69. The fraction of sp³-hybridized carbons (Fsp3) is 0.214. The van der Waals surface area contributed by atoms with E-state index < -0.39 is 5.97 Å². The zero-order valence-corrected chi connectivity index (χ0v) is 10.9. The largest absolute Gasteiger partial charge is 0.618 e. The molecular formula is C14H14N2O4. The molecule has 0 unspecified atom stereocenters. The van der Waals surface area contributed by atoms with Crippen LogP contribution in [0.5, 0.6) is 0 Å². The third-order valence-corrected chi connectivity index (χ3v) is 2.89. The number of nitrogens with zero attached hydrogens (tertiary/aromatic N) is 2. The number of para-hydroxylation sites is 1. The van der Waals surface area contributed by atoms with E-state index in [-0.39, 0.29) is 18.7 Å². The molecule has 0 bridgehead atoms. The van der Waals surface area contributed by atoms with E-state index in [1.54, 1.807) is 37.3 Å². The van der Waals surface area contributed by atoms with Crippen molar-refractivity contribution < 1.29 is 19.5 Å². The highest BCUT2D eigenvalue weighted by molar-refractivity contribution is 6.37. The Balaban J connectivity index is 2.39. The zero-order chi connectivity index (χ0) is 14.5. The van der Waals surface area contributed by atoms with E-state index in [9.17, 15) is 10.0 Å². The Bertz CT molecular complexity index is 667. The van der Waals surface area contributed by atoms with E-state index in [0.29, 0.717) is 16.5 Å². The molecule has 0 aliphatic rings. The number of benzene rings is 1. The van der Waals surface area contributed by atoms with Crippen LogP contribution in [-0.2, 0) is 16.0 Å². The molecule has 0 atom stereocenters. The lowest BCUT2D eigenvalue weighted by Crippen LogP contribution is -2.27. The van der Waals surface area contributed by atoms with Gasteiger partial charge in [-0.05, 0) is 18.6 Å². The van der Waals surface area contributed by atoms with E-state index in [2.05, 4.69) is 5.16 Å². The second-order valence-electron chi connectivity index (χ2n) is 4.13.